The topological polar surface area (TPSA) is 86.8 Å². The maximum atomic E-state index is 13.6. The van der Waals surface area contributed by atoms with Gasteiger partial charge >= 0.3 is 0 Å². The molecule has 2 rings (SSSR count). The highest BCUT2D eigenvalue weighted by Gasteiger charge is 2.31. The van der Waals surface area contributed by atoms with Gasteiger partial charge in [-0.15, -0.1) is 0 Å². The number of nitrogens with one attached hydrogen (secondary N) is 1. The van der Waals surface area contributed by atoms with Gasteiger partial charge < -0.3 is 10.2 Å². The molecule has 0 aliphatic rings. The monoisotopic (exact) mass is 581 g/mol. The number of benzene rings is 2. The number of carbonyl (C=O) groups excluding carboxylic acids is 2. The van der Waals surface area contributed by atoms with Crippen LogP contribution < -0.4 is 9.62 Å². The van der Waals surface area contributed by atoms with Crippen LogP contribution in [0.4, 0.5) is 5.69 Å². The van der Waals surface area contributed by atoms with E-state index in [4.69, 9.17) is 46.4 Å². The lowest BCUT2D eigenvalue weighted by atomic mass is 10.1. The molecule has 0 bridgehead atoms. The molecule has 2 aromatic rings. The van der Waals surface area contributed by atoms with E-state index in [2.05, 4.69) is 5.32 Å². The van der Waals surface area contributed by atoms with E-state index < -0.39 is 34.4 Å². The van der Waals surface area contributed by atoms with Crippen LogP contribution in [0.15, 0.2) is 36.4 Å². The van der Waals surface area contributed by atoms with Gasteiger partial charge in [0.15, 0.2) is 0 Å². The summed E-state index contributed by atoms with van der Waals surface area (Å²) in [7, 11) is -3.92. The smallest absolute Gasteiger partial charge is 0.244 e. The first-order valence-electron chi connectivity index (χ1n) is 10.7. The second-order valence-electron chi connectivity index (χ2n) is 8.11. The molecular formula is C23H27Cl4N3O4S. The summed E-state index contributed by atoms with van der Waals surface area (Å²) in [4.78, 5) is 27.7. The molecule has 0 radical (unpaired) electrons. The van der Waals surface area contributed by atoms with E-state index in [1.54, 1.807) is 25.1 Å². The minimum absolute atomic E-state index is 0.111. The number of anilines is 1. The number of sulfonamides is 1. The summed E-state index contributed by atoms with van der Waals surface area (Å²) < 4.78 is 26.1. The molecule has 2 aromatic carbocycles. The highest BCUT2D eigenvalue weighted by molar-refractivity contribution is 7.92. The second-order valence-corrected chi connectivity index (χ2v) is 11.7. The number of carbonyl (C=O) groups is 2. The van der Waals surface area contributed by atoms with E-state index in [1.807, 2.05) is 13.8 Å². The Labute approximate surface area is 226 Å². The van der Waals surface area contributed by atoms with E-state index in [0.717, 1.165) is 10.6 Å². The number of hydrogen-bond acceptors (Lipinski definition) is 4. The molecule has 7 nitrogen and oxygen atoms in total. The fourth-order valence-electron chi connectivity index (χ4n) is 3.20. The second kappa shape index (κ2) is 12.5. The minimum Gasteiger partial charge on any atom is -0.352 e. The van der Waals surface area contributed by atoms with Gasteiger partial charge in [-0.25, -0.2) is 8.42 Å². The van der Waals surface area contributed by atoms with Crippen LogP contribution in [-0.4, -0.2) is 50.0 Å². The molecule has 2 atom stereocenters. The lowest BCUT2D eigenvalue weighted by molar-refractivity contribution is -0.139. The largest absolute Gasteiger partial charge is 0.352 e. The average molecular weight is 583 g/mol. The molecule has 0 aliphatic heterocycles. The molecular weight excluding hydrogens is 556 g/mol. The summed E-state index contributed by atoms with van der Waals surface area (Å²) >= 11 is 24.8. The Balaban J connectivity index is 2.48. The van der Waals surface area contributed by atoms with Crippen LogP contribution in [0.25, 0.3) is 0 Å². The first kappa shape index (κ1) is 29.5. The Hall–Kier alpha value is -1.71. The first-order valence-corrected chi connectivity index (χ1v) is 14.1. The predicted octanol–water partition coefficient (Wildman–Crippen LogP) is 5.40. The molecule has 0 saturated carbocycles. The highest BCUT2D eigenvalue weighted by Crippen LogP contribution is 2.29. The molecule has 0 unspecified atom stereocenters. The van der Waals surface area contributed by atoms with E-state index in [-0.39, 0.29) is 28.3 Å². The zero-order valence-corrected chi connectivity index (χ0v) is 23.5. The fraction of sp³-hybridized carbons (Fsp3) is 0.391. The lowest BCUT2D eigenvalue weighted by Gasteiger charge is -2.32. The Morgan fingerprint density at radius 2 is 1.54 bits per heavy atom. The van der Waals surface area contributed by atoms with E-state index in [1.165, 1.54) is 23.1 Å². The van der Waals surface area contributed by atoms with Crippen LogP contribution in [0.2, 0.25) is 20.1 Å². The molecule has 0 saturated heterocycles. The van der Waals surface area contributed by atoms with Crippen molar-refractivity contribution in [3.8, 4) is 0 Å². The van der Waals surface area contributed by atoms with Crippen molar-refractivity contribution < 1.29 is 18.0 Å². The molecule has 0 spiro atoms. The number of hydrogen-bond donors (Lipinski definition) is 1. The predicted molar refractivity (Wildman–Crippen MR) is 143 cm³/mol. The third-order valence-corrected chi connectivity index (χ3v) is 7.66. The van der Waals surface area contributed by atoms with Crippen molar-refractivity contribution in [2.24, 2.45) is 0 Å². The summed E-state index contributed by atoms with van der Waals surface area (Å²) in [6, 6.07) is 8.04. The van der Waals surface area contributed by atoms with Gasteiger partial charge in [0.2, 0.25) is 21.8 Å². The molecule has 192 valence electrons. The Morgan fingerprint density at radius 1 is 1.00 bits per heavy atom. The molecule has 12 heteroatoms. The van der Waals surface area contributed by atoms with Gasteiger partial charge in [-0.05, 0) is 50.6 Å². The maximum Gasteiger partial charge on any atom is 0.244 e. The van der Waals surface area contributed by atoms with Gasteiger partial charge in [0.05, 0.1) is 11.9 Å². The van der Waals surface area contributed by atoms with Gasteiger partial charge in [0.25, 0.3) is 0 Å². The third kappa shape index (κ3) is 8.15. The van der Waals surface area contributed by atoms with E-state index in [9.17, 15) is 18.0 Å². The van der Waals surface area contributed by atoms with Crippen molar-refractivity contribution in [2.45, 2.75) is 45.8 Å². The van der Waals surface area contributed by atoms with Crippen LogP contribution in [0.3, 0.4) is 0 Å². The Morgan fingerprint density at radius 3 is 2.03 bits per heavy atom. The SMILES string of the molecule is CC[C@@H](C)NC(=O)[C@H](C)N(Cc1c(Cl)cccc1Cl)C(=O)CN(c1cc(Cl)cc(Cl)c1)S(C)(=O)=O. The average Bonchev–Trinajstić information content (AvgIpc) is 2.75. The van der Waals surface area contributed by atoms with Crippen LogP contribution in [-0.2, 0) is 26.2 Å². The fourth-order valence-corrected chi connectivity index (χ4v) is 5.06. The standard InChI is InChI=1S/C23H27Cl4N3O4S/c1-5-14(2)28-23(32)15(3)29(12-19-20(26)7-6-8-21(19)27)22(31)13-30(35(4,33)34)18-10-16(24)9-17(25)11-18/h6-11,14-15H,5,12-13H2,1-4H3,(H,28,32)/t14-,15+/m1/s1. The molecule has 0 fully saturated rings. The van der Waals surface area contributed by atoms with Crippen molar-refractivity contribution in [3.63, 3.8) is 0 Å². The third-order valence-electron chi connectivity index (χ3n) is 5.37. The normalized spacial score (nSPS) is 13.1. The van der Waals surface area contributed by atoms with Crippen molar-refractivity contribution in [2.75, 3.05) is 17.1 Å². The zero-order chi connectivity index (χ0) is 26.5. The maximum absolute atomic E-state index is 13.6. The number of rotatable bonds is 10. The summed E-state index contributed by atoms with van der Waals surface area (Å²) in [5.74, 6) is -1.04. The number of halogens is 4. The van der Waals surface area contributed by atoms with Gasteiger partial charge in [-0.3, -0.25) is 13.9 Å². The van der Waals surface area contributed by atoms with E-state index >= 15 is 0 Å². The molecule has 0 heterocycles. The van der Waals surface area contributed by atoms with Crippen LogP contribution >= 0.6 is 46.4 Å². The summed E-state index contributed by atoms with van der Waals surface area (Å²) in [5.41, 5.74) is 0.551. The summed E-state index contributed by atoms with van der Waals surface area (Å²) in [5, 5.41) is 3.87. The van der Waals surface area contributed by atoms with Crippen LogP contribution in [0, 0.1) is 0 Å². The highest BCUT2D eigenvalue weighted by atomic mass is 35.5. The van der Waals surface area contributed by atoms with Crippen LogP contribution in [0.1, 0.15) is 32.8 Å². The van der Waals surface area contributed by atoms with Gasteiger partial charge in [-0.2, -0.15) is 0 Å². The zero-order valence-electron chi connectivity index (χ0n) is 19.7. The molecule has 0 aliphatic carbocycles. The Bertz CT molecular complexity index is 1150. The van der Waals surface area contributed by atoms with Crippen molar-refractivity contribution in [3.05, 3.63) is 62.1 Å². The van der Waals surface area contributed by atoms with Crippen molar-refractivity contribution in [1.29, 1.82) is 0 Å². The van der Waals surface area contributed by atoms with Gasteiger partial charge in [0.1, 0.15) is 12.6 Å². The number of nitrogens with zero attached hydrogens (tertiary/aromatic N) is 2. The van der Waals surface area contributed by atoms with E-state index in [0.29, 0.717) is 22.0 Å². The summed E-state index contributed by atoms with van der Waals surface area (Å²) in [6.07, 6.45) is 1.66. The van der Waals surface area contributed by atoms with Crippen LogP contribution in [0.5, 0.6) is 0 Å². The quantitative estimate of drug-likeness (QED) is 0.406. The molecule has 35 heavy (non-hydrogen) atoms. The van der Waals surface area contributed by atoms with Crippen molar-refractivity contribution >= 4 is 73.9 Å². The first-order chi connectivity index (χ1) is 16.2. The molecule has 0 aromatic heterocycles. The van der Waals surface area contributed by atoms with Gasteiger partial charge in [0, 0.05) is 38.2 Å². The molecule has 1 N–H and O–H groups in total. The minimum atomic E-state index is -3.92. The van der Waals surface area contributed by atoms with Gasteiger partial charge in [-0.1, -0.05) is 59.4 Å². The van der Waals surface area contributed by atoms with Crippen molar-refractivity contribution in [1.82, 2.24) is 10.2 Å². The Kier molecular flexibility index (Phi) is 10.5. The number of amides is 2. The summed E-state index contributed by atoms with van der Waals surface area (Å²) in [6.45, 7) is 4.61. The molecule has 2 amide bonds. The lowest BCUT2D eigenvalue weighted by Crippen LogP contribution is -2.52.